The van der Waals surface area contributed by atoms with E-state index in [-0.39, 0.29) is 23.0 Å². The second kappa shape index (κ2) is 5.34. The number of halogens is 1. The van der Waals surface area contributed by atoms with Crippen LogP contribution in [0.25, 0.3) is 0 Å². The molecule has 0 spiro atoms. The highest BCUT2D eigenvalue weighted by Gasteiger charge is 2.13. The maximum Gasteiger partial charge on any atom is 0.233 e. The first-order valence-electron chi connectivity index (χ1n) is 5.16. The zero-order valence-corrected chi connectivity index (χ0v) is 10.5. The fourth-order valence-electron chi connectivity index (χ4n) is 1.30. The lowest BCUT2D eigenvalue weighted by molar-refractivity contribution is -0.120. The fourth-order valence-corrected chi connectivity index (χ4v) is 1.37. The molecule has 2 nitrogen and oxygen atoms in total. The predicted molar refractivity (Wildman–Crippen MR) is 66.1 cm³/mol. The number of carbonyl (C=O) groups is 1. The summed E-state index contributed by atoms with van der Waals surface area (Å²) in [6.07, 6.45) is 0. The van der Waals surface area contributed by atoms with Crippen molar-refractivity contribution in [3.05, 3.63) is 35.1 Å². The van der Waals surface area contributed by atoms with Crippen LogP contribution in [0.15, 0.2) is 18.2 Å². The van der Waals surface area contributed by atoms with Crippen LogP contribution in [0, 0.1) is 12.7 Å². The van der Waals surface area contributed by atoms with Crippen molar-refractivity contribution in [2.45, 2.75) is 32.1 Å². The van der Waals surface area contributed by atoms with E-state index in [1.807, 2.05) is 13.0 Å². The van der Waals surface area contributed by atoms with Crippen LogP contribution >= 0.6 is 12.6 Å². The molecule has 0 aromatic heterocycles. The van der Waals surface area contributed by atoms with Crippen molar-refractivity contribution in [1.29, 1.82) is 0 Å². The molecule has 88 valence electrons. The van der Waals surface area contributed by atoms with Gasteiger partial charge in [-0.05, 0) is 38.0 Å². The van der Waals surface area contributed by atoms with Crippen molar-refractivity contribution in [3.8, 4) is 0 Å². The van der Waals surface area contributed by atoms with Gasteiger partial charge in [0.2, 0.25) is 5.91 Å². The molecule has 1 amide bonds. The second-order valence-electron chi connectivity index (χ2n) is 3.91. The summed E-state index contributed by atoms with van der Waals surface area (Å²) >= 11 is 4.03. The van der Waals surface area contributed by atoms with E-state index in [0.717, 1.165) is 5.56 Å². The van der Waals surface area contributed by atoms with Crippen LogP contribution in [0.5, 0.6) is 0 Å². The zero-order valence-electron chi connectivity index (χ0n) is 9.62. The number of rotatable bonds is 3. The third kappa shape index (κ3) is 3.23. The molecule has 4 heteroatoms. The monoisotopic (exact) mass is 241 g/mol. The van der Waals surface area contributed by atoms with E-state index < -0.39 is 0 Å². The molecular weight excluding hydrogens is 225 g/mol. The maximum absolute atomic E-state index is 13.3. The summed E-state index contributed by atoms with van der Waals surface area (Å²) in [5.41, 5.74) is 1.36. The molecule has 2 unspecified atom stereocenters. The minimum Gasteiger partial charge on any atom is -0.349 e. The van der Waals surface area contributed by atoms with Gasteiger partial charge in [0.15, 0.2) is 0 Å². The van der Waals surface area contributed by atoms with Gasteiger partial charge in [-0.3, -0.25) is 4.79 Å². The van der Waals surface area contributed by atoms with Gasteiger partial charge in [0.1, 0.15) is 5.82 Å². The van der Waals surface area contributed by atoms with Crippen LogP contribution in [0.1, 0.15) is 31.0 Å². The van der Waals surface area contributed by atoms with Crippen molar-refractivity contribution in [3.63, 3.8) is 0 Å². The van der Waals surface area contributed by atoms with Gasteiger partial charge in [-0.1, -0.05) is 12.1 Å². The van der Waals surface area contributed by atoms with Gasteiger partial charge < -0.3 is 5.32 Å². The Kier molecular flexibility index (Phi) is 4.35. The highest BCUT2D eigenvalue weighted by molar-refractivity contribution is 7.81. The summed E-state index contributed by atoms with van der Waals surface area (Å²) in [5, 5.41) is 2.40. The van der Waals surface area contributed by atoms with Crippen LogP contribution < -0.4 is 5.32 Å². The first-order chi connectivity index (χ1) is 7.41. The molecule has 0 fully saturated rings. The smallest absolute Gasteiger partial charge is 0.233 e. The van der Waals surface area contributed by atoms with Crippen LogP contribution in [-0.2, 0) is 4.79 Å². The van der Waals surface area contributed by atoms with Crippen molar-refractivity contribution in [2.24, 2.45) is 0 Å². The lowest BCUT2D eigenvalue weighted by Gasteiger charge is -2.16. The minimum absolute atomic E-state index is 0.156. The molecule has 0 heterocycles. The number of hydrogen-bond donors (Lipinski definition) is 2. The molecule has 0 saturated carbocycles. The van der Waals surface area contributed by atoms with Crippen molar-refractivity contribution in [1.82, 2.24) is 5.32 Å². The Hall–Kier alpha value is -1.03. The Morgan fingerprint density at radius 3 is 2.56 bits per heavy atom. The molecule has 0 radical (unpaired) electrons. The van der Waals surface area contributed by atoms with Gasteiger partial charge >= 0.3 is 0 Å². The largest absolute Gasteiger partial charge is 0.349 e. The van der Waals surface area contributed by atoms with Crippen LogP contribution in [-0.4, -0.2) is 11.2 Å². The Morgan fingerprint density at radius 1 is 1.44 bits per heavy atom. The van der Waals surface area contributed by atoms with Crippen molar-refractivity contribution >= 4 is 18.5 Å². The first kappa shape index (κ1) is 13.0. The van der Waals surface area contributed by atoms with E-state index in [0.29, 0.717) is 5.56 Å². The Bertz CT molecular complexity index is 393. The molecular formula is C12H16FNOS. The SMILES string of the molecule is Cc1ccc(C(C)NC(=O)C(C)S)cc1F. The number of nitrogens with one attached hydrogen (secondary N) is 1. The van der Waals surface area contributed by atoms with Gasteiger partial charge in [0, 0.05) is 0 Å². The Balaban J connectivity index is 2.77. The average molecular weight is 241 g/mol. The van der Waals surface area contributed by atoms with Gasteiger partial charge in [0.25, 0.3) is 0 Å². The minimum atomic E-state index is -0.363. The first-order valence-corrected chi connectivity index (χ1v) is 5.68. The van der Waals surface area contributed by atoms with E-state index in [2.05, 4.69) is 17.9 Å². The summed E-state index contributed by atoms with van der Waals surface area (Å²) in [6, 6.07) is 4.75. The number of thiol groups is 1. The third-order valence-electron chi connectivity index (χ3n) is 2.43. The molecule has 1 N–H and O–H groups in total. The molecule has 1 rings (SSSR count). The lowest BCUT2D eigenvalue weighted by atomic mass is 10.1. The third-order valence-corrected chi connectivity index (χ3v) is 2.67. The molecule has 0 aliphatic heterocycles. The van der Waals surface area contributed by atoms with Gasteiger partial charge in [0.05, 0.1) is 11.3 Å². The van der Waals surface area contributed by atoms with E-state index in [1.165, 1.54) is 6.07 Å². The number of hydrogen-bond acceptors (Lipinski definition) is 2. The van der Waals surface area contributed by atoms with Gasteiger partial charge in [-0.25, -0.2) is 4.39 Å². The molecule has 16 heavy (non-hydrogen) atoms. The topological polar surface area (TPSA) is 29.1 Å². The maximum atomic E-state index is 13.3. The molecule has 1 aromatic carbocycles. The predicted octanol–water partition coefficient (Wildman–Crippen LogP) is 2.63. The van der Waals surface area contributed by atoms with E-state index in [9.17, 15) is 9.18 Å². The van der Waals surface area contributed by atoms with Crippen molar-refractivity contribution in [2.75, 3.05) is 0 Å². The van der Waals surface area contributed by atoms with Gasteiger partial charge in [-0.2, -0.15) is 12.6 Å². The van der Waals surface area contributed by atoms with Crippen LogP contribution in [0.4, 0.5) is 4.39 Å². The standard InChI is InChI=1S/C12H16FNOS/c1-7-4-5-10(6-11(7)13)8(2)14-12(15)9(3)16/h4-6,8-9,16H,1-3H3,(H,14,15). The van der Waals surface area contributed by atoms with Crippen LogP contribution in [0.2, 0.25) is 0 Å². The highest BCUT2D eigenvalue weighted by atomic mass is 32.1. The van der Waals surface area contributed by atoms with E-state index >= 15 is 0 Å². The number of carbonyl (C=O) groups excluding carboxylic acids is 1. The molecule has 0 aliphatic rings. The number of amides is 1. The molecule has 0 bridgehead atoms. The molecule has 1 aromatic rings. The fraction of sp³-hybridized carbons (Fsp3) is 0.417. The number of benzene rings is 1. The summed E-state index contributed by atoms with van der Waals surface area (Å²) in [6.45, 7) is 5.22. The zero-order chi connectivity index (χ0) is 12.3. The van der Waals surface area contributed by atoms with E-state index in [4.69, 9.17) is 0 Å². The van der Waals surface area contributed by atoms with Crippen LogP contribution in [0.3, 0.4) is 0 Å². The molecule has 0 saturated heterocycles. The number of aryl methyl sites for hydroxylation is 1. The molecule has 2 atom stereocenters. The Morgan fingerprint density at radius 2 is 2.06 bits per heavy atom. The molecule has 0 aliphatic carbocycles. The lowest BCUT2D eigenvalue weighted by Crippen LogP contribution is -2.32. The van der Waals surface area contributed by atoms with Crippen molar-refractivity contribution < 1.29 is 9.18 Å². The average Bonchev–Trinajstić information content (AvgIpc) is 2.21. The summed E-state index contributed by atoms with van der Waals surface area (Å²) in [4.78, 5) is 11.4. The second-order valence-corrected chi connectivity index (χ2v) is 4.69. The highest BCUT2D eigenvalue weighted by Crippen LogP contribution is 2.16. The normalized spacial score (nSPS) is 14.3. The van der Waals surface area contributed by atoms with Gasteiger partial charge in [-0.15, -0.1) is 0 Å². The quantitative estimate of drug-likeness (QED) is 0.783. The Labute approximate surface area is 101 Å². The summed E-state index contributed by atoms with van der Waals surface area (Å²) in [7, 11) is 0. The van der Waals surface area contributed by atoms with E-state index in [1.54, 1.807) is 19.9 Å². The summed E-state index contributed by atoms with van der Waals surface area (Å²) in [5.74, 6) is -0.408. The summed E-state index contributed by atoms with van der Waals surface area (Å²) < 4.78 is 13.3.